The molecular formula is C12H10BrFN6O3S. The third kappa shape index (κ3) is 2.67. The third-order valence-electron chi connectivity index (χ3n) is 3.04. The van der Waals surface area contributed by atoms with Crippen molar-refractivity contribution in [1.29, 1.82) is 0 Å². The summed E-state index contributed by atoms with van der Waals surface area (Å²) in [5.41, 5.74) is 5.72. The van der Waals surface area contributed by atoms with Gasteiger partial charge in [-0.2, -0.15) is 19.5 Å². The van der Waals surface area contributed by atoms with Crippen LogP contribution in [-0.2, 0) is 9.84 Å². The second-order valence-corrected chi connectivity index (χ2v) is 7.49. The average Bonchev–Trinajstić information content (AvgIpc) is 2.91. The Morgan fingerprint density at radius 1 is 1.29 bits per heavy atom. The molecule has 0 spiro atoms. The van der Waals surface area contributed by atoms with Crippen LogP contribution in [0.3, 0.4) is 0 Å². The van der Waals surface area contributed by atoms with E-state index in [2.05, 4.69) is 36.0 Å². The lowest BCUT2D eigenvalue weighted by Crippen LogP contribution is -2.11. The van der Waals surface area contributed by atoms with E-state index in [1.54, 1.807) is 6.07 Å². The monoisotopic (exact) mass is 416 g/mol. The molecule has 3 aromatic rings. The zero-order valence-corrected chi connectivity index (χ0v) is 14.8. The predicted octanol–water partition coefficient (Wildman–Crippen LogP) is 1.08. The largest absolute Gasteiger partial charge is 0.494 e. The number of hydrogen-bond donors (Lipinski definition) is 1. The summed E-state index contributed by atoms with van der Waals surface area (Å²) in [5, 5.41) is 3.55. The van der Waals surface area contributed by atoms with Crippen molar-refractivity contribution >= 4 is 37.5 Å². The number of methoxy groups -OCH3 is 1. The fourth-order valence-electron chi connectivity index (χ4n) is 1.95. The molecule has 0 aliphatic carbocycles. The van der Waals surface area contributed by atoms with Crippen molar-refractivity contribution in [2.45, 2.75) is 5.16 Å². The first-order chi connectivity index (χ1) is 11.2. The van der Waals surface area contributed by atoms with Crippen molar-refractivity contribution in [2.24, 2.45) is 0 Å². The molecule has 0 saturated carbocycles. The van der Waals surface area contributed by atoms with Crippen LogP contribution in [0.2, 0.25) is 0 Å². The lowest BCUT2D eigenvalue weighted by atomic mass is 10.2. The highest BCUT2D eigenvalue weighted by Crippen LogP contribution is 2.34. The Bertz CT molecular complexity index is 1070. The summed E-state index contributed by atoms with van der Waals surface area (Å²) in [7, 11) is -2.36. The van der Waals surface area contributed by atoms with Crippen molar-refractivity contribution in [3.8, 4) is 17.1 Å². The SMILES string of the molecule is COc1ccc(Br)c(-c2nc3nc(S(C)(=O)=O)nc(N)n3n2)c1F. The Kier molecular flexibility index (Phi) is 3.87. The summed E-state index contributed by atoms with van der Waals surface area (Å²) in [6, 6.07) is 3.01. The van der Waals surface area contributed by atoms with Gasteiger partial charge in [-0.05, 0) is 28.1 Å². The zero-order chi connectivity index (χ0) is 17.6. The third-order valence-corrected chi connectivity index (χ3v) is 4.55. The average molecular weight is 417 g/mol. The molecule has 0 unspecified atom stereocenters. The number of sulfone groups is 1. The second kappa shape index (κ2) is 5.63. The van der Waals surface area contributed by atoms with Gasteiger partial charge in [-0.3, -0.25) is 0 Å². The van der Waals surface area contributed by atoms with Gasteiger partial charge in [-0.25, -0.2) is 12.8 Å². The molecule has 0 radical (unpaired) electrons. The van der Waals surface area contributed by atoms with Crippen LogP contribution in [0.4, 0.5) is 10.3 Å². The van der Waals surface area contributed by atoms with Crippen LogP contribution in [0.5, 0.6) is 5.75 Å². The van der Waals surface area contributed by atoms with Crippen LogP contribution in [0, 0.1) is 5.82 Å². The molecule has 0 amide bonds. The molecule has 0 saturated heterocycles. The number of hydrogen-bond acceptors (Lipinski definition) is 8. The minimum atomic E-state index is -3.69. The minimum Gasteiger partial charge on any atom is -0.494 e. The van der Waals surface area contributed by atoms with Crippen LogP contribution in [0.15, 0.2) is 21.8 Å². The number of rotatable bonds is 3. The molecule has 0 bridgehead atoms. The lowest BCUT2D eigenvalue weighted by molar-refractivity contribution is 0.387. The van der Waals surface area contributed by atoms with Crippen molar-refractivity contribution in [2.75, 3.05) is 19.1 Å². The molecule has 0 aliphatic rings. The summed E-state index contributed by atoms with van der Waals surface area (Å²) in [6.07, 6.45) is 0.938. The van der Waals surface area contributed by atoms with Gasteiger partial charge in [0.05, 0.1) is 12.7 Å². The molecular weight excluding hydrogens is 407 g/mol. The van der Waals surface area contributed by atoms with E-state index in [4.69, 9.17) is 10.5 Å². The van der Waals surface area contributed by atoms with E-state index >= 15 is 0 Å². The number of nitrogens with zero attached hydrogens (tertiary/aromatic N) is 5. The van der Waals surface area contributed by atoms with E-state index in [0.717, 1.165) is 10.8 Å². The lowest BCUT2D eigenvalue weighted by Gasteiger charge is -2.06. The second-order valence-electron chi connectivity index (χ2n) is 4.72. The van der Waals surface area contributed by atoms with E-state index in [-0.39, 0.29) is 28.9 Å². The summed E-state index contributed by atoms with van der Waals surface area (Å²) in [5.74, 6) is -1.09. The Morgan fingerprint density at radius 3 is 2.62 bits per heavy atom. The van der Waals surface area contributed by atoms with Crippen molar-refractivity contribution in [3.63, 3.8) is 0 Å². The van der Waals surface area contributed by atoms with Gasteiger partial charge in [0.15, 0.2) is 17.4 Å². The number of benzene rings is 1. The molecule has 2 aromatic heterocycles. The molecule has 1 aromatic carbocycles. The van der Waals surface area contributed by atoms with Gasteiger partial charge < -0.3 is 10.5 Å². The first-order valence-electron chi connectivity index (χ1n) is 6.35. The van der Waals surface area contributed by atoms with Crippen LogP contribution in [-0.4, -0.2) is 46.3 Å². The maximum absolute atomic E-state index is 14.5. The maximum atomic E-state index is 14.5. The first-order valence-corrected chi connectivity index (χ1v) is 9.03. The predicted molar refractivity (Wildman–Crippen MR) is 85.7 cm³/mol. The van der Waals surface area contributed by atoms with E-state index in [0.29, 0.717) is 4.47 Å². The number of anilines is 1. The number of ether oxygens (including phenoxy) is 1. The summed E-state index contributed by atoms with van der Waals surface area (Å²) < 4.78 is 44.0. The minimum absolute atomic E-state index is 0.00272. The molecule has 0 fully saturated rings. The van der Waals surface area contributed by atoms with Crippen molar-refractivity contribution < 1.29 is 17.5 Å². The molecule has 126 valence electrons. The molecule has 2 N–H and O–H groups in total. The first kappa shape index (κ1) is 16.5. The number of nitrogen functional groups attached to an aromatic ring is 1. The van der Waals surface area contributed by atoms with E-state index in [9.17, 15) is 12.8 Å². The van der Waals surface area contributed by atoms with Crippen LogP contribution >= 0.6 is 15.9 Å². The van der Waals surface area contributed by atoms with Gasteiger partial charge in [0, 0.05) is 10.7 Å². The smallest absolute Gasteiger partial charge is 0.258 e. The van der Waals surface area contributed by atoms with Crippen molar-refractivity contribution in [1.82, 2.24) is 24.6 Å². The molecule has 12 heteroatoms. The Hall–Kier alpha value is -2.34. The maximum Gasteiger partial charge on any atom is 0.258 e. The van der Waals surface area contributed by atoms with Gasteiger partial charge in [0.1, 0.15) is 0 Å². The van der Waals surface area contributed by atoms with E-state index < -0.39 is 20.8 Å². The van der Waals surface area contributed by atoms with Crippen LogP contribution < -0.4 is 10.5 Å². The molecule has 3 rings (SSSR count). The molecule has 2 heterocycles. The Morgan fingerprint density at radius 2 is 2.00 bits per heavy atom. The van der Waals surface area contributed by atoms with Gasteiger partial charge in [-0.1, -0.05) is 0 Å². The highest BCUT2D eigenvalue weighted by molar-refractivity contribution is 9.10. The Balaban J connectivity index is 2.29. The van der Waals surface area contributed by atoms with Crippen molar-refractivity contribution in [3.05, 3.63) is 22.4 Å². The van der Waals surface area contributed by atoms with Crippen LogP contribution in [0.25, 0.3) is 17.2 Å². The topological polar surface area (TPSA) is 125 Å². The quantitative estimate of drug-likeness (QED) is 0.671. The molecule has 24 heavy (non-hydrogen) atoms. The highest BCUT2D eigenvalue weighted by Gasteiger charge is 2.22. The number of fused-ring (bicyclic) bond motifs is 1. The highest BCUT2D eigenvalue weighted by atomic mass is 79.9. The summed E-state index contributed by atoms with van der Waals surface area (Å²) >= 11 is 3.22. The van der Waals surface area contributed by atoms with E-state index in [1.165, 1.54) is 13.2 Å². The fourth-order valence-corrected chi connectivity index (χ4v) is 2.94. The Labute approximate surface area is 143 Å². The number of nitrogens with two attached hydrogens (primary N) is 1. The normalized spacial score (nSPS) is 11.8. The molecule has 0 atom stereocenters. The fraction of sp³-hybridized carbons (Fsp3) is 0.167. The molecule has 9 nitrogen and oxygen atoms in total. The van der Waals surface area contributed by atoms with Gasteiger partial charge in [0.2, 0.25) is 15.8 Å². The number of halogens is 2. The van der Waals surface area contributed by atoms with Gasteiger partial charge in [-0.15, -0.1) is 5.10 Å². The number of aromatic nitrogens is 5. The van der Waals surface area contributed by atoms with Crippen LogP contribution in [0.1, 0.15) is 0 Å². The molecule has 0 aliphatic heterocycles. The zero-order valence-electron chi connectivity index (χ0n) is 12.4. The van der Waals surface area contributed by atoms with Gasteiger partial charge >= 0.3 is 0 Å². The summed E-state index contributed by atoms with van der Waals surface area (Å²) in [4.78, 5) is 11.5. The standard InChI is InChI=1S/C12H10BrFN6O3S/c1-23-6-4-3-5(13)7(8(6)14)9-16-11-18-12(24(2,21)22)17-10(15)20(11)19-9/h3-4H,1-2H3,(H2,15,16,17,18,19). The summed E-state index contributed by atoms with van der Waals surface area (Å²) in [6.45, 7) is 0. The van der Waals surface area contributed by atoms with Gasteiger partial charge in [0.25, 0.3) is 10.9 Å². The van der Waals surface area contributed by atoms with E-state index in [1.807, 2.05) is 0 Å².